The zero-order valence-electron chi connectivity index (χ0n) is 14.1. The first-order valence-corrected chi connectivity index (χ1v) is 9.21. The van der Waals surface area contributed by atoms with Crippen molar-refractivity contribution in [3.63, 3.8) is 0 Å². The molecule has 3 rings (SSSR count). The molecule has 1 heterocycles. The molecule has 2 atom stereocenters. The first kappa shape index (κ1) is 15.8. The van der Waals surface area contributed by atoms with Crippen molar-refractivity contribution >= 4 is 6.08 Å². The Hall–Kier alpha value is -1.12. The number of nitrogens with one attached hydrogen (secondary N) is 2. The molecule has 22 heavy (non-hydrogen) atoms. The molecule has 120 valence electrons. The largest absolute Gasteiger partial charge is 0.323 e. The molecule has 1 aliphatic heterocycles. The second-order valence-corrected chi connectivity index (χ2v) is 7.39. The molecular weight excluding hydrogens is 268 g/mol. The van der Waals surface area contributed by atoms with E-state index in [1.807, 2.05) is 4.90 Å². The fourth-order valence-corrected chi connectivity index (χ4v) is 4.27. The van der Waals surface area contributed by atoms with Gasteiger partial charge in [0, 0.05) is 6.42 Å². The first-order valence-electron chi connectivity index (χ1n) is 9.21. The normalized spacial score (nSPS) is 33.1. The van der Waals surface area contributed by atoms with Gasteiger partial charge in [-0.15, -0.1) is 0 Å². The average Bonchev–Trinajstić information content (AvgIpc) is 2.56. The Kier molecular flexibility index (Phi) is 5.69. The van der Waals surface area contributed by atoms with E-state index in [4.69, 9.17) is 0 Å². The van der Waals surface area contributed by atoms with E-state index in [1.165, 1.54) is 64.0 Å². The number of hydrogen-bond donors (Lipinski definition) is 2. The number of rotatable bonds is 4. The molecule has 0 aromatic heterocycles. The molecule has 0 radical (unpaired) electrons. The molecule has 2 heteroatoms. The molecular formula is C20H32N2+2. The molecule has 0 spiro atoms. The molecule has 1 saturated heterocycles. The zero-order valence-corrected chi connectivity index (χ0v) is 14.1. The third kappa shape index (κ3) is 4.44. The van der Waals surface area contributed by atoms with Crippen LogP contribution in [-0.2, 0) is 0 Å². The van der Waals surface area contributed by atoms with Crippen molar-refractivity contribution in [3.8, 4) is 0 Å². The minimum atomic E-state index is 0.963. The molecule has 1 saturated carbocycles. The summed E-state index contributed by atoms with van der Waals surface area (Å²) in [5.74, 6) is 0.963. The first-order chi connectivity index (χ1) is 10.8. The van der Waals surface area contributed by atoms with Crippen LogP contribution in [0.15, 0.2) is 36.4 Å². The topological polar surface area (TPSA) is 8.88 Å². The van der Waals surface area contributed by atoms with Crippen LogP contribution in [0.4, 0.5) is 0 Å². The smallest absolute Gasteiger partial charge is 0.127 e. The summed E-state index contributed by atoms with van der Waals surface area (Å²) in [6.07, 6.45) is 10.5. The summed E-state index contributed by atoms with van der Waals surface area (Å²) in [6.45, 7) is 9.08. The van der Waals surface area contributed by atoms with Crippen molar-refractivity contribution in [2.75, 3.05) is 32.7 Å². The third-order valence-electron chi connectivity index (χ3n) is 5.63. The van der Waals surface area contributed by atoms with Gasteiger partial charge in [0.25, 0.3) is 0 Å². The predicted molar refractivity (Wildman–Crippen MR) is 93.2 cm³/mol. The van der Waals surface area contributed by atoms with E-state index in [0.29, 0.717) is 0 Å². The fourth-order valence-electron chi connectivity index (χ4n) is 4.27. The van der Waals surface area contributed by atoms with Gasteiger partial charge in [-0.2, -0.15) is 0 Å². The van der Waals surface area contributed by atoms with Crippen molar-refractivity contribution in [2.24, 2.45) is 5.92 Å². The van der Waals surface area contributed by atoms with Gasteiger partial charge in [0.1, 0.15) is 26.2 Å². The maximum atomic E-state index is 2.45. The lowest BCUT2D eigenvalue weighted by molar-refractivity contribution is -1.02. The van der Waals surface area contributed by atoms with Crippen LogP contribution in [0.2, 0.25) is 0 Å². The maximum Gasteiger partial charge on any atom is 0.127 e. The average molecular weight is 300 g/mol. The summed E-state index contributed by atoms with van der Waals surface area (Å²) < 4.78 is 0. The Bertz CT molecular complexity index is 460. The molecule has 0 amide bonds. The van der Waals surface area contributed by atoms with Gasteiger partial charge in [0.15, 0.2) is 0 Å². The van der Waals surface area contributed by atoms with Crippen molar-refractivity contribution in [2.45, 2.75) is 38.6 Å². The van der Waals surface area contributed by atoms with Gasteiger partial charge < -0.3 is 9.80 Å². The lowest BCUT2D eigenvalue weighted by atomic mass is 9.86. The van der Waals surface area contributed by atoms with E-state index in [-0.39, 0.29) is 0 Å². The van der Waals surface area contributed by atoms with Crippen LogP contribution in [0.25, 0.3) is 6.08 Å². The molecule has 1 aromatic rings. The summed E-state index contributed by atoms with van der Waals surface area (Å²) in [4.78, 5) is 3.67. The standard InChI is InChI=1S/C20H30N2/c1-18-7-5-11-20(17-18)22-15-13-21(14-16-22)12-6-10-19-8-3-2-4-9-19/h2-4,6,8-10,18,20H,5,7,11-17H2,1H3/p+2/b10-6+/t18-,20+/m0/s1. The summed E-state index contributed by atoms with van der Waals surface area (Å²) in [6, 6.07) is 11.6. The lowest BCUT2D eigenvalue weighted by Gasteiger charge is -2.37. The Morgan fingerprint density at radius 1 is 1.05 bits per heavy atom. The Morgan fingerprint density at radius 3 is 2.55 bits per heavy atom. The number of piperazine rings is 1. The maximum absolute atomic E-state index is 2.45. The summed E-state index contributed by atoms with van der Waals surface area (Å²) in [5, 5.41) is 0. The molecule has 2 aliphatic rings. The second-order valence-electron chi connectivity index (χ2n) is 7.39. The highest BCUT2D eigenvalue weighted by Crippen LogP contribution is 2.21. The third-order valence-corrected chi connectivity index (χ3v) is 5.63. The van der Waals surface area contributed by atoms with Crippen LogP contribution in [0, 0.1) is 5.92 Å². The second kappa shape index (κ2) is 7.94. The van der Waals surface area contributed by atoms with Gasteiger partial charge in [-0.1, -0.05) is 49.8 Å². The van der Waals surface area contributed by atoms with E-state index in [9.17, 15) is 0 Å². The SMILES string of the molecule is C[C@H]1CCC[C@@H]([NH+]2CC[NH+](C/C=C/c3ccccc3)CC2)C1. The van der Waals surface area contributed by atoms with E-state index in [1.54, 1.807) is 4.90 Å². The van der Waals surface area contributed by atoms with Crippen molar-refractivity contribution in [3.05, 3.63) is 42.0 Å². The summed E-state index contributed by atoms with van der Waals surface area (Å²) >= 11 is 0. The van der Waals surface area contributed by atoms with E-state index < -0.39 is 0 Å². The lowest BCUT2D eigenvalue weighted by Crippen LogP contribution is -3.29. The highest BCUT2D eigenvalue weighted by Gasteiger charge is 2.31. The summed E-state index contributed by atoms with van der Waals surface area (Å²) in [5.41, 5.74) is 1.32. The van der Waals surface area contributed by atoms with Crippen LogP contribution in [-0.4, -0.2) is 38.8 Å². The molecule has 0 unspecified atom stereocenters. The van der Waals surface area contributed by atoms with E-state index >= 15 is 0 Å². The van der Waals surface area contributed by atoms with Gasteiger partial charge in [0.2, 0.25) is 0 Å². The van der Waals surface area contributed by atoms with Crippen LogP contribution in [0.5, 0.6) is 0 Å². The monoisotopic (exact) mass is 300 g/mol. The van der Waals surface area contributed by atoms with Crippen molar-refractivity contribution in [1.29, 1.82) is 0 Å². The molecule has 2 nitrogen and oxygen atoms in total. The van der Waals surface area contributed by atoms with Gasteiger partial charge >= 0.3 is 0 Å². The number of quaternary nitrogens is 2. The Morgan fingerprint density at radius 2 is 1.82 bits per heavy atom. The van der Waals surface area contributed by atoms with Gasteiger partial charge in [0.05, 0.1) is 12.6 Å². The van der Waals surface area contributed by atoms with Crippen LogP contribution in [0.1, 0.15) is 38.2 Å². The van der Waals surface area contributed by atoms with Crippen LogP contribution >= 0.6 is 0 Å². The minimum absolute atomic E-state index is 0.963. The van der Waals surface area contributed by atoms with Crippen LogP contribution < -0.4 is 9.80 Å². The Labute approximate surface area is 135 Å². The van der Waals surface area contributed by atoms with Crippen molar-refractivity contribution < 1.29 is 9.80 Å². The molecule has 2 N–H and O–H groups in total. The van der Waals surface area contributed by atoms with Gasteiger partial charge in [-0.25, -0.2) is 0 Å². The van der Waals surface area contributed by atoms with Gasteiger partial charge in [-0.3, -0.25) is 0 Å². The summed E-state index contributed by atoms with van der Waals surface area (Å²) in [7, 11) is 0. The van der Waals surface area contributed by atoms with Crippen LogP contribution in [0.3, 0.4) is 0 Å². The highest BCUT2D eigenvalue weighted by atomic mass is 15.3. The molecule has 0 bridgehead atoms. The fraction of sp³-hybridized carbons (Fsp3) is 0.600. The van der Waals surface area contributed by atoms with E-state index in [2.05, 4.69) is 49.4 Å². The number of hydrogen-bond acceptors (Lipinski definition) is 0. The number of benzene rings is 1. The van der Waals surface area contributed by atoms with Gasteiger partial charge in [-0.05, 0) is 30.4 Å². The molecule has 1 aliphatic carbocycles. The molecule has 1 aromatic carbocycles. The van der Waals surface area contributed by atoms with Crippen molar-refractivity contribution in [1.82, 2.24) is 0 Å². The Balaban J connectivity index is 1.41. The quantitative estimate of drug-likeness (QED) is 0.823. The molecule has 2 fully saturated rings. The minimum Gasteiger partial charge on any atom is -0.323 e. The predicted octanol–water partition coefficient (Wildman–Crippen LogP) is 1.06. The zero-order chi connectivity index (χ0) is 15.2. The van der Waals surface area contributed by atoms with E-state index in [0.717, 1.165) is 12.0 Å². The highest BCUT2D eigenvalue weighted by molar-refractivity contribution is 5.48.